The summed E-state index contributed by atoms with van der Waals surface area (Å²) in [5, 5.41) is 31.8. The second-order valence-corrected chi connectivity index (χ2v) is 8.38. The van der Waals surface area contributed by atoms with Crippen molar-refractivity contribution in [1.29, 1.82) is 0 Å². The van der Waals surface area contributed by atoms with Crippen LogP contribution in [0.1, 0.15) is 42.5 Å². The van der Waals surface area contributed by atoms with Crippen molar-refractivity contribution in [2.24, 2.45) is 0 Å². The molecule has 1 fully saturated rings. The summed E-state index contributed by atoms with van der Waals surface area (Å²) >= 11 is 6.45. The first-order valence-electron chi connectivity index (χ1n) is 10.8. The molecule has 0 aliphatic carbocycles. The van der Waals surface area contributed by atoms with Gasteiger partial charge < -0.3 is 25.0 Å². The molecule has 1 aliphatic heterocycles. The van der Waals surface area contributed by atoms with Gasteiger partial charge in [0.1, 0.15) is 24.1 Å². The molecule has 0 spiro atoms. The van der Waals surface area contributed by atoms with Crippen LogP contribution in [-0.4, -0.2) is 57.6 Å². The molecule has 172 valence electrons. The predicted octanol–water partition coefficient (Wildman–Crippen LogP) is 3.26. The summed E-state index contributed by atoms with van der Waals surface area (Å²) in [5.41, 5.74) is 2.52. The van der Waals surface area contributed by atoms with E-state index in [4.69, 9.17) is 16.3 Å². The van der Waals surface area contributed by atoms with Gasteiger partial charge in [-0.3, -0.25) is 4.79 Å². The summed E-state index contributed by atoms with van der Waals surface area (Å²) in [7, 11) is 0. The number of halogens is 1. The zero-order valence-electron chi connectivity index (χ0n) is 18.2. The van der Waals surface area contributed by atoms with E-state index < -0.39 is 24.4 Å². The molecule has 0 saturated carbocycles. The standard InChI is InChI=1S/C25H30ClNO5/c1-3-5-6-22(29)27-15-21(28)24(30)25(31)23(27)17-9-12-20(26)18(14-17)13-16-7-10-19(11-8-16)32-4-2/h3,7-12,14,21,23-25,28,30-31H,1,4-6,13,15H2,2H3/t21-,23+,24+,25+/m1/s1. The van der Waals surface area contributed by atoms with Crippen LogP contribution in [0.15, 0.2) is 55.1 Å². The molecule has 2 aromatic rings. The molecule has 3 rings (SSSR count). The number of piperidine rings is 1. The Morgan fingerprint density at radius 2 is 1.91 bits per heavy atom. The van der Waals surface area contributed by atoms with Gasteiger partial charge in [0.2, 0.25) is 5.91 Å². The van der Waals surface area contributed by atoms with Crippen molar-refractivity contribution in [3.05, 3.63) is 76.8 Å². The zero-order valence-corrected chi connectivity index (χ0v) is 18.9. The van der Waals surface area contributed by atoms with E-state index >= 15 is 0 Å². The van der Waals surface area contributed by atoms with Gasteiger partial charge in [0.05, 0.1) is 12.6 Å². The average molecular weight is 460 g/mol. The minimum atomic E-state index is -1.35. The van der Waals surface area contributed by atoms with E-state index in [0.29, 0.717) is 30.0 Å². The SMILES string of the molecule is C=CCCC(=O)N1C[C@@H](O)[C@H](O)[C@@H](O)[C@@H]1c1ccc(Cl)c(Cc2ccc(OCC)cc2)c1. The van der Waals surface area contributed by atoms with Crippen molar-refractivity contribution in [3.63, 3.8) is 0 Å². The number of carbonyl (C=O) groups is 1. The molecule has 0 aromatic heterocycles. The Bertz CT molecular complexity index is 932. The molecule has 2 aromatic carbocycles. The highest BCUT2D eigenvalue weighted by Gasteiger charge is 2.43. The van der Waals surface area contributed by atoms with Crippen LogP contribution in [0, 0.1) is 0 Å². The second kappa shape index (κ2) is 11.0. The lowest BCUT2D eigenvalue weighted by molar-refractivity contribution is -0.163. The van der Waals surface area contributed by atoms with Gasteiger partial charge in [0.25, 0.3) is 0 Å². The summed E-state index contributed by atoms with van der Waals surface area (Å²) in [4.78, 5) is 14.2. The molecular formula is C25H30ClNO5. The summed E-state index contributed by atoms with van der Waals surface area (Å²) in [6, 6.07) is 12.3. The smallest absolute Gasteiger partial charge is 0.223 e. The van der Waals surface area contributed by atoms with Crippen LogP contribution in [0.5, 0.6) is 5.75 Å². The van der Waals surface area contributed by atoms with Crippen molar-refractivity contribution >= 4 is 17.5 Å². The number of allylic oxidation sites excluding steroid dienone is 1. The maximum atomic E-state index is 12.8. The number of benzene rings is 2. The number of aliphatic hydroxyl groups excluding tert-OH is 3. The first-order valence-corrected chi connectivity index (χ1v) is 11.2. The predicted molar refractivity (Wildman–Crippen MR) is 124 cm³/mol. The van der Waals surface area contributed by atoms with Crippen LogP contribution in [0.3, 0.4) is 0 Å². The van der Waals surface area contributed by atoms with E-state index in [9.17, 15) is 20.1 Å². The van der Waals surface area contributed by atoms with Gasteiger partial charge in [-0.15, -0.1) is 6.58 Å². The van der Waals surface area contributed by atoms with Crippen LogP contribution in [0.25, 0.3) is 0 Å². The molecular weight excluding hydrogens is 430 g/mol. The number of likely N-dealkylation sites (tertiary alicyclic amines) is 1. The van der Waals surface area contributed by atoms with Crippen molar-refractivity contribution in [2.45, 2.75) is 50.5 Å². The Morgan fingerprint density at radius 3 is 2.56 bits per heavy atom. The zero-order chi connectivity index (χ0) is 23.3. The topological polar surface area (TPSA) is 90.2 Å². The van der Waals surface area contributed by atoms with Crippen LogP contribution in [0.4, 0.5) is 0 Å². The molecule has 32 heavy (non-hydrogen) atoms. The van der Waals surface area contributed by atoms with E-state index in [1.54, 1.807) is 18.2 Å². The van der Waals surface area contributed by atoms with Gasteiger partial charge in [-0.05, 0) is 54.7 Å². The van der Waals surface area contributed by atoms with Crippen LogP contribution >= 0.6 is 11.6 Å². The summed E-state index contributed by atoms with van der Waals surface area (Å²) in [6.45, 7) is 6.11. The number of β-amino-alcohol motifs (C(OH)–C–C–N with tert-alkyl or cyclic N) is 1. The Balaban J connectivity index is 1.90. The van der Waals surface area contributed by atoms with Crippen molar-refractivity contribution in [2.75, 3.05) is 13.2 Å². The fraction of sp³-hybridized carbons (Fsp3) is 0.400. The average Bonchev–Trinajstić information content (AvgIpc) is 2.78. The number of aliphatic hydroxyl groups is 3. The van der Waals surface area contributed by atoms with E-state index in [1.165, 1.54) is 4.90 Å². The van der Waals surface area contributed by atoms with Gasteiger partial charge in [0, 0.05) is 18.0 Å². The summed E-state index contributed by atoms with van der Waals surface area (Å²) in [6.07, 6.45) is -1.00. The highest BCUT2D eigenvalue weighted by molar-refractivity contribution is 6.31. The van der Waals surface area contributed by atoms with Gasteiger partial charge >= 0.3 is 0 Å². The van der Waals surface area contributed by atoms with Gasteiger partial charge in [0.15, 0.2) is 0 Å². The highest BCUT2D eigenvalue weighted by Crippen LogP contribution is 2.35. The molecule has 0 bridgehead atoms. The number of hydrogen-bond donors (Lipinski definition) is 3. The normalized spacial score (nSPS) is 23.1. The van der Waals surface area contributed by atoms with Gasteiger partial charge in [-0.2, -0.15) is 0 Å². The molecule has 7 heteroatoms. The molecule has 1 aliphatic rings. The number of ether oxygens (including phenoxy) is 1. The molecule has 4 atom stereocenters. The Kier molecular flexibility index (Phi) is 8.32. The number of nitrogens with zero attached hydrogens (tertiary/aromatic N) is 1. The monoisotopic (exact) mass is 459 g/mol. The number of amides is 1. The summed E-state index contributed by atoms with van der Waals surface area (Å²) < 4.78 is 5.48. The molecule has 1 amide bonds. The minimum absolute atomic E-state index is 0.0598. The van der Waals surface area contributed by atoms with E-state index in [2.05, 4.69) is 6.58 Å². The van der Waals surface area contributed by atoms with Crippen LogP contribution < -0.4 is 4.74 Å². The van der Waals surface area contributed by atoms with Gasteiger partial charge in [-0.25, -0.2) is 0 Å². The third-order valence-corrected chi connectivity index (χ3v) is 6.08. The number of carbonyl (C=O) groups excluding carboxylic acids is 1. The summed E-state index contributed by atoms with van der Waals surface area (Å²) in [5.74, 6) is 0.575. The molecule has 0 radical (unpaired) electrons. The minimum Gasteiger partial charge on any atom is -0.494 e. The fourth-order valence-electron chi connectivity index (χ4n) is 4.03. The number of rotatable bonds is 8. The largest absolute Gasteiger partial charge is 0.494 e. The quantitative estimate of drug-likeness (QED) is 0.527. The lowest BCUT2D eigenvalue weighted by atomic mass is 9.87. The fourth-order valence-corrected chi connectivity index (χ4v) is 4.21. The van der Waals surface area contributed by atoms with Crippen LogP contribution in [-0.2, 0) is 11.2 Å². The van der Waals surface area contributed by atoms with E-state index in [1.807, 2.05) is 37.3 Å². The number of hydrogen-bond acceptors (Lipinski definition) is 5. The maximum absolute atomic E-state index is 12.8. The van der Waals surface area contributed by atoms with E-state index in [-0.39, 0.29) is 18.9 Å². The first-order chi connectivity index (χ1) is 15.3. The van der Waals surface area contributed by atoms with Crippen molar-refractivity contribution < 1.29 is 24.9 Å². The van der Waals surface area contributed by atoms with Crippen molar-refractivity contribution in [3.8, 4) is 5.75 Å². The first kappa shape index (κ1) is 24.3. The second-order valence-electron chi connectivity index (χ2n) is 7.97. The molecule has 0 unspecified atom stereocenters. The Labute approximate surface area is 193 Å². The van der Waals surface area contributed by atoms with Gasteiger partial charge in [-0.1, -0.05) is 41.9 Å². The van der Waals surface area contributed by atoms with Crippen LogP contribution in [0.2, 0.25) is 5.02 Å². The molecule has 3 N–H and O–H groups in total. The lowest BCUT2D eigenvalue weighted by Gasteiger charge is -2.44. The van der Waals surface area contributed by atoms with E-state index in [0.717, 1.165) is 16.9 Å². The third kappa shape index (κ3) is 5.51. The molecule has 6 nitrogen and oxygen atoms in total. The molecule has 1 heterocycles. The Morgan fingerprint density at radius 1 is 1.19 bits per heavy atom. The Hall–Kier alpha value is -2.38. The third-order valence-electron chi connectivity index (χ3n) is 5.71. The highest BCUT2D eigenvalue weighted by atomic mass is 35.5. The lowest BCUT2D eigenvalue weighted by Crippen LogP contribution is -2.58. The van der Waals surface area contributed by atoms with Crippen molar-refractivity contribution in [1.82, 2.24) is 4.90 Å². The maximum Gasteiger partial charge on any atom is 0.223 e. The molecule has 1 saturated heterocycles.